The Balaban J connectivity index is 2.52. The number of hydrogen-bond donors (Lipinski definition) is 1. The second-order valence-corrected chi connectivity index (χ2v) is 4.69. The zero-order valence-electron chi connectivity index (χ0n) is 10.9. The van der Waals surface area contributed by atoms with Crippen LogP contribution in [-0.2, 0) is 0 Å². The number of benzene rings is 2. The van der Waals surface area contributed by atoms with Gasteiger partial charge in [-0.3, -0.25) is 10.1 Å². The monoisotopic (exact) mass is 307 g/mol. The first-order chi connectivity index (χ1) is 9.88. The molecule has 0 amide bonds. The maximum absolute atomic E-state index is 11.2. The fourth-order valence-electron chi connectivity index (χ4n) is 1.74. The summed E-state index contributed by atoms with van der Waals surface area (Å²) in [4.78, 5) is 21.3. The Morgan fingerprint density at radius 3 is 2.62 bits per heavy atom. The molecule has 0 aromatic heterocycles. The Bertz CT molecular complexity index is 729. The number of carboxylic acid groups (broad SMARTS) is 1. The summed E-state index contributed by atoms with van der Waals surface area (Å²) in [6.07, 6.45) is 0. The second-order valence-electron chi connectivity index (χ2n) is 4.29. The molecule has 108 valence electrons. The first-order valence-electron chi connectivity index (χ1n) is 5.84. The third-order valence-corrected chi connectivity index (χ3v) is 2.96. The number of rotatable bonds is 4. The normalized spacial score (nSPS) is 10.2. The van der Waals surface area contributed by atoms with Crippen molar-refractivity contribution in [2.45, 2.75) is 6.92 Å². The highest BCUT2D eigenvalue weighted by molar-refractivity contribution is 6.33. The fourth-order valence-corrected chi connectivity index (χ4v) is 2.00. The minimum Gasteiger partial charge on any atom is -0.478 e. The number of aryl methyl sites for hydroxylation is 1. The zero-order chi connectivity index (χ0) is 15.6. The van der Waals surface area contributed by atoms with Crippen LogP contribution in [0, 0.1) is 17.0 Å². The quantitative estimate of drug-likeness (QED) is 0.680. The minimum absolute atomic E-state index is 0.125. The SMILES string of the molecule is Cc1cccc(Oc2c(Cl)cc([N+](=O)[O-])cc2C(=O)O)c1. The molecule has 2 aromatic rings. The Morgan fingerprint density at radius 2 is 2.05 bits per heavy atom. The average molecular weight is 308 g/mol. The first kappa shape index (κ1) is 14.8. The fraction of sp³-hybridized carbons (Fsp3) is 0.0714. The largest absolute Gasteiger partial charge is 0.478 e. The molecule has 0 heterocycles. The van der Waals surface area contributed by atoms with E-state index in [2.05, 4.69) is 0 Å². The highest BCUT2D eigenvalue weighted by Crippen LogP contribution is 2.36. The number of nitro benzene ring substituents is 1. The number of hydrogen-bond acceptors (Lipinski definition) is 4. The van der Waals surface area contributed by atoms with Gasteiger partial charge in [-0.15, -0.1) is 0 Å². The summed E-state index contributed by atoms with van der Waals surface area (Å²) in [5, 5.41) is 19.8. The van der Waals surface area contributed by atoms with Gasteiger partial charge in [0.25, 0.3) is 5.69 Å². The number of nitro groups is 1. The van der Waals surface area contributed by atoms with Crippen molar-refractivity contribution in [2.75, 3.05) is 0 Å². The van der Waals surface area contributed by atoms with Gasteiger partial charge in [-0.1, -0.05) is 23.7 Å². The van der Waals surface area contributed by atoms with Gasteiger partial charge in [0.15, 0.2) is 5.75 Å². The topological polar surface area (TPSA) is 89.7 Å². The molecule has 7 heteroatoms. The van der Waals surface area contributed by atoms with Crippen molar-refractivity contribution < 1.29 is 19.6 Å². The number of aromatic carboxylic acids is 1. The lowest BCUT2D eigenvalue weighted by Gasteiger charge is -2.11. The first-order valence-corrected chi connectivity index (χ1v) is 6.22. The Labute approximate surface area is 124 Å². The third kappa shape index (κ3) is 3.29. The van der Waals surface area contributed by atoms with Gasteiger partial charge >= 0.3 is 5.97 Å². The molecule has 0 bridgehead atoms. The molecule has 6 nitrogen and oxygen atoms in total. The van der Waals surface area contributed by atoms with E-state index in [0.717, 1.165) is 17.7 Å². The maximum Gasteiger partial charge on any atom is 0.339 e. The van der Waals surface area contributed by atoms with E-state index in [9.17, 15) is 14.9 Å². The van der Waals surface area contributed by atoms with Crippen LogP contribution in [0.15, 0.2) is 36.4 Å². The van der Waals surface area contributed by atoms with Crippen molar-refractivity contribution in [3.8, 4) is 11.5 Å². The Morgan fingerprint density at radius 1 is 1.33 bits per heavy atom. The van der Waals surface area contributed by atoms with Gasteiger partial charge in [0.05, 0.1) is 9.95 Å². The summed E-state index contributed by atoms with van der Waals surface area (Å²) >= 11 is 5.92. The molecule has 0 aliphatic carbocycles. The molecular weight excluding hydrogens is 298 g/mol. The third-order valence-electron chi connectivity index (χ3n) is 2.68. The molecule has 0 saturated heterocycles. The lowest BCUT2D eigenvalue weighted by molar-refractivity contribution is -0.384. The van der Waals surface area contributed by atoms with Crippen molar-refractivity contribution in [1.29, 1.82) is 0 Å². The van der Waals surface area contributed by atoms with E-state index in [-0.39, 0.29) is 16.3 Å². The summed E-state index contributed by atoms with van der Waals surface area (Å²) in [6, 6.07) is 8.89. The number of carboxylic acids is 1. The van der Waals surface area contributed by atoms with Gasteiger partial charge in [-0.25, -0.2) is 4.79 Å². The Kier molecular flexibility index (Phi) is 4.09. The van der Waals surface area contributed by atoms with Crippen LogP contribution in [-0.4, -0.2) is 16.0 Å². The smallest absolute Gasteiger partial charge is 0.339 e. The summed E-state index contributed by atoms with van der Waals surface area (Å²) in [5.74, 6) is -1.09. The predicted octanol–water partition coefficient (Wildman–Crippen LogP) is 4.05. The van der Waals surface area contributed by atoms with E-state index in [1.807, 2.05) is 13.0 Å². The number of halogens is 1. The second kappa shape index (κ2) is 5.80. The van der Waals surface area contributed by atoms with Gasteiger partial charge in [0, 0.05) is 12.1 Å². The Hall–Kier alpha value is -2.60. The highest BCUT2D eigenvalue weighted by Gasteiger charge is 2.22. The molecule has 1 N–H and O–H groups in total. The molecule has 0 atom stereocenters. The van der Waals surface area contributed by atoms with Crippen molar-refractivity contribution in [3.05, 3.63) is 62.7 Å². The zero-order valence-corrected chi connectivity index (χ0v) is 11.6. The van der Waals surface area contributed by atoms with Gasteiger partial charge in [0.2, 0.25) is 0 Å². The highest BCUT2D eigenvalue weighted by atomic mass is 35.5. The van der Waals surface area contributed by atoms with E-state index in [1.165, 1.54) is 0 Å². The van der Waals surface area contributed by atoms with E-state index in [4.69, 9.17) is 21.4 Å². The van der Waals surface area contributed by atoms with Crippen LogP contribution in [0.3, 0.4) is 0 Å². The van der Waals surface area contributed by atoms with Gasteiger partial charge in [-0.05, 0) is 24.6 Å². The van der Waals surface area contributed by atoms with Crippen LogP contribution >= 0.6 is 11.6 Å². The average Bonchev–Trinajstić information content (AvgIpc) is 2.40. The summed E-state index contributed by atoms with van der Waals surface area (Å²) in [7, 11) is 0. The van der Waals surface area contributed by atoms with Crippen molar-refractivity contribution in [1.82, 2.24) is 0 Å². The van der Waals surface area contributed by atoms with Crippen LogP contribution < -0.4 is 4.74 Å². The molecule has 2 rings (SSSR count). The van der Waals surface area contributed by atoms with E-state index >= 15 is 0 Å². The number of nitrogens with zero attached hydrogens (tertiary/aromatic N) is 1. The number of carbonyl (C=O) groups is 1. The van der Waals surface area contributed by atoms with Gasteiger partial charge < -0.3 is 9.84 Å². The molecule has 0 aliphatic heterocycles. The number of ether oxygens (including phenoxy) is 1. The van der Waals surface area contributed by atoms with Crippen LogP contribution in [0.4, 0.5) is 5.69 Å². The summed E-state index contributed by atoms with van der Waals surface area (Å²) in [5.41, 5.74) is 0.145. The standard InChI is InChI=1S/C14H10ClNO5/c1-8-3-2-4-10(5-8)21-13-11(14(17)18)6-9(16(19)20)7-12(13)15/h2-7H,1H3,(H,17,18). The van der Waals surface area contributed by atoms with Crippen LogP contribution in [0.1, 0.15) is 15.9 Å². The molecule has 0 spiro atoms. The molecule has 0 aliphatic rings. The van der Waals surface area contributed by atoms with Crippen LogP contribution in [0.25, 0.3) is 0 Å². The van der Waals surface area contributed by atoms with Gasteiger partial charge in [0.1, 0.15) is 11.3 Å². The van der Waals surface area contributed by atoms with Crippen LogP contribution in [0.5, 0.6) is 11.5 Å². The van der Waals surface area contributed by atoms with E-state index in [1.54, 1.807) is 18.2 Å². The number of non-ortho nitro benzene ring substituents is 1. The molecule has 0 radical (unpaired) electrons. The minimum atomic E-state index is -1.36. The van der Waals surface area contributed by atoms with E-state index < -0.39 is 16.6 Å². The van der Waals surface area contributed by atoms with Crippen molar-refractivity contribution in [2.24, 2.45) is 0 Å². The summed E-state index contributed by atoms with van der Waals surface area (Å²) in [6.45, 7) is 1.85. The summed E-state index contributed by atoms with van der Waals surface area (Å²) < 4.78 is 5.48. The molecular formula is C14H10ClNO5. The lowest BCUT2D eigenvalue weighted by Crippen LogP contribution is -2.02. The van der Waals surface area contributed by atoms with Crippen molar-refractivity contribution >= 4 is 23.3 Å². The molecule has 2 aromatic carbocycles. The molecule has 21 heavy (non-hydrogen) atoms. The van der Waals surface area contributed by atoms with Gasteiger partial charge in [-0.2, -0.15) is 0 Å². The molecule has 0 saturated carbocycles. The van der Waals surface area contributed by atoms with Crippen molar-refractivity contribution in [3.63, 3.8) is 0 Å². The lowest BCUT2D eigenvalue weighted by atomic mass is 10.1. The van der Waals surface area contributed by atoms with Crippen LogP contribution in [0.2, 0.25) is 5.02 Å². The molecule has 0 fully saturated rings. The molecule has 0 unspecified atom stereocenters. The predicted molar refractivity (Wildman–Crippen MR) is 76.3 cm³/mol. The maximum atomic E-state index is 11.2. The van der Waals surface area contributed by atoms with E-state index in [0.29, 0.717) is 5.75 Å².